The highest BCUT2D eigenvalue weighted by molar-refractivity contribution is 6.30. The highest BCUT2D eigenvalue weighted by Gasteiger charge is 2.39. The zero-order valence-electron chi connectivity index (χ0n) is 23.3. The molecule has 3 atom stereocenters. The van der Waals surface area contributed by atoms with E-state index in [2.05, 4.69) is 15.6 Å². The van der Waals surface area contributed by atoms with Crippen LogP contribution in [0.5, 0.6) is 0 Å². The van der Waals surface area contributed by atoms with Gasteiger partial charge in [0.25, 0.3) is 0 Å². The van der Waals surface area contributed by atoms with Crippen LogP contribution in [0.1, 0.15) is 63.0 Å². The van der Waals surface area contributed by atoms with Gasteiger partial charge in [-0.1, -0.05) is 30.5 Å². The molecule has 1 saturated carbocycles. The summed E-state index contributed by atoms with van der Waals surface area (Å²) >= 11 is 5.88. The van der Waals surface area contributed by atoms with Gasteiger partial charge < -0.3 is 19.9 Å². The number of ether oxygens (including phenoxy) is 1. The Balaban J connectivity index is 1.27. The van der Waals surface area contributed by atoms with E-state index >= 15 is 0 Å². The van der Waals surface area contributed by atoms with Gasteiger partial charge in [0.2, 0.25) is 5.91 Å². The molecule has 41 heavy (non-hydrogen) atoms. The van der Waals surface area contributed by atoms with E-state index in [0.29, 0.717) is 36.1 Å². The van der Waals surface area contributed by atoms with Crippen molar-refractivity contribution in [1.29, 1.82) is 0 Å². The smallest absolute Gasteiger partial charge is 0.323 e. The van der Waals surface area contributed by atoms with Crippen LogP contribution in [-0.4, -0.2) is 71.4 Å². The molecule has 2 saturated heterocycles. The summed E-state index contributed by atoms with van der Waals surface area (Å²) < 4.78 is 20.4. The van der Waals surface area contributed by atoms with E-state index < -0.39 is 17.9 Å². The van der Waals surface area contributed by atoms with Gasteiger partial charge in [-0.15, -0.1) is 0 Å². The van der Waals surface area contributed by atoms with E-state index in [1.54, 1.807) is 31.4 Å². The molecule has 2 N–H and O–H groups in total. The molecule has 2 aliphatic heterocycles. The molecule has 11 heteroatoms. The molecule has 3 aliphatic rings. The molecule has 1 aromatic heterocycles. The predicted molar refractivity (Wildman–Crippen MR) is 154 cm³/mol. The fourth-order valence-electron chi connectivity index (χ4n) is 5.77. The van der Waals surface area contributed by atoms with E-state index in [1.807, 2.05) is 4.90 Å². The molecule has 3 amide bonds. The molecule has 1 unspecified atom stereocenters. The summed E-state index contributed by atoms with van der Waals surface area (Å²) in [5.74, 6) is 0.437. The first-order valence-corrected chi connectivity index (χ1v) is 14.8. The number of aromatic nitrogens is 1. The lowest BCUT2D eigenvalue weighted by atomic mass is 9.95. The van der Waals surface area contributed by atoms with Crippen LogP contribution in [0.25, 0.3) is 0 Å². The summed E-state index contributed by atoms with van der Waals surface area (Å²) in [5.41, 5.74) is 1.08. The van der Waals surface area contributed by atoms with Crippen LogP contribution in [0.2, 0.25) is 5.02 Å². The monoisotopic (exact) mass is 585 g/mol. The van der Waals surface area contributed by atoms with Gasteiger partial charge in [-0.05, 0) is 61.4 Å². The summed E-state index contributed by atoms with van der Waals surface area (Å²) in [6, 6.07) is 6.73. The minimum absolute atomic E-state index is 0.113. The third-order valence-corrected chi connectivity index (χ3v) is 8.52. The third-order valence-electron chi connectivity index (χ3n) is 8.30. The van der Waals surface area contributed by atoms with Crippen LogP contribution < -0.4 is 10.6 Å². The second kappa shape index (κ2) is 13.2. The maximum atomic E-state index is 14.9. The van der Waals surface area contributed by atoms with E-state index in [4.69, 9.17) is 16.3 Å². The number of halogens is 2. The number of hydrogen-bond donors (Lipinski definition) is 2. The van der Waals surface area contributed by atoms with Crippen LogP contribution in [0.4, 0.5) is 20.7 Å². The van der Waals surface area contributed by atoms with Crippen LogP contribution in [-0.2, 0) is 14.3 Å². The Morgan fingerprint density at radius 3 is 2.76 bits per heavy atom. The fourth-order valence-corrected chi connectivity index (χ4v) is 5.89. The molecule has 5 rings (SSSR count). The lowest BCUT2D eigenvalue weighted by Crippen LogP contribution is -2.45. The standard InChI is InChI=1S/C30H37ClFN5O4/c1-41-22-15-26(37(18-22)30(40)35-28-12-9-21(31)16-34-28)27(38)17-33-24-14-20(8-10-23(24)32)25(11-7-19-5-6-19)36-13-3-2-4-29(36)39/h8-10,12,14,16,19,22,25-26,33H,2-7,11,13,15,17-18H2,1H3,(H,34,35,40)/t22-,25?,26-/m1/s1. The van der Waals surface area contributed by atoms with Gasteiger partial charge in [-0.3, -0.25) is 14.9 Å². The van der Waals surface area contributed by atoms with Crippen molar-refractivity contribution in [2.75, 3.05) is 37.4 Å². The lowest BCUT2D eigenvalue weighted by molar-refractivity contribution is -0.136. The van der Waals surface area contributed by atoms with Crippen molar-refractivity contribution in [3.05, 3.63) is 52.9 Å². The van der Waals surface area contributed by atoms with Crippen molar-refractivity contribution < 1.29 is 23.5 Å². The zero-order chi connectivity index (χ0) is 28.9. The average Bonchev–Trinajstić information content (AvgIpc) is 3.70. The van der Waals surface area contributed by atoms with Gasteiger partial charge in [0, 0.05) is 39.2 Å². The molecule has 9 nitrogen and oxygen atoms in total. The number of piperidine rings is 1. The summed E-state index contributed by atoms with van der Waals surface area (Å²) in [5, 5.41) is 6.11. The van der Waals surface area contributed by atoms with Crippen molar-refractivity contribution in [3.8, 4) is 0 Å². The van der Waals surface area contributed by atoms with E-state index in [1.165, 1.54) is 30.0 Å². The first-order valence-electron chi connectivity index (χ1n) is 14.4. The van der Waals surface area contributed by atoms with Gasteiger partial charge in [-0.25, -0.2) is 14.2 Å². The quantitative estimate of drug-likeness (QED) is 0.365. The Labute approximate surface area is 244 Å². The second-order valence-electron chi connectivity index (χ2n) is 11.2. The first kappa shape index (κ1) is 29.3. The maximum absolute atomic E-state index is 14.9. The number of likely N-dealkylation sites (tertiary alicyclic amines) is 2. The predicted octanol–water partition coefficient (Wildman–Crippen LogP) is 5.42. The number of rotatable bonds is 11. The van der Waals surface area contributed by atoms with Gasteiger partial charge in [0.05, 0.1) is 35.4 Å². The molecule has 0 bridgehead atoms. The second-order valence-corrected chi connectivity index (χ2v) is 11.6. The van der Waals surface area contributed by atoms with Crippen molar-refractivity contribution in [2.45, 2.75) is 69.6 Å². The number of ketones is 1. The van der Waals surface area contributed by atoms with Crippen molar-refractivity contribution in [3.63, 3.8) is 0 Å². The van der Waals surface area contributed by atoms with Crippen LogP contribution in [0.15, 0.2) is 36.5 Å². The number of Topliss-reactive ketones (excluding diaryl/α,β-unsaturated/α-hetero) is 1. The number of carbonyl (C=O) groups excluding carboxylic acids is 3. The number of methoxy groups -OCH3 is 1. The molecular formula is C30H37ClFN5O4. The first-order chi connectivity index (χ1) is 19.8. The molecule has 3 heterocycles. The molecule has 2 aromatic rings. The summed E-state index contributed by atoms with van der Waals surface area (Å²) in [6.07, 6.45) is 8.21. The number of anilines is 2. The minimum atomic E-state index is -0.747. The molecule has 3 fully saturated rings. The van der Waals surface area contributed by atoms with Crippen molar-refractivity contribution in [2.24, 2.45) is 5.92 Å². The topological polar surface area (TPSA) is 104 Å². The van der Waals surface area contributed by atoms with E-state index in [9.17, 15) is 18.8 Å². The Kier molecular flexibility index (Phi) is 9.39. The number of hydrogen-bond acceptors (Lipinski definition) is 6. The number of nitrogens with one attached hydrogen (secondary N) is 2. The minimum Gasteiger partial charge on any atom is -0.380 e. The number of carbonyl (C=O) groups is 3. The Hall–Kier alpha value is -3.24. The molecule has 0 spiro atoms. The average molecular weight is 586 g/mol. The number of benzene rings is 1. The Morgan fingerprint density at radius 2 is 2.05 bits per heavy atom. The van der Waals surface area contributed by atoms with Crippen molar-refractivity contribution >= 4 is 40.8 Å². The van der Waals surface area contributed by atoms with Crippen molar-refractivity contribution in [1.82, 2.24) is 14.8 Å². The number of nitrogens with zero attached hydrogens (tertiary/aromatic N) is 3. The van der Waals surface area contributed by atoms with Crippen LogP contribution in [0, 0.1) is 11.7 Å². The summed E-state index contributed by atoms with van der Waals surface area (Å²) in [6.45, 7) is 0.779. The van der Waals surface area contributed by atoms with E-state index in [0.717, 1.165) is 31.2 Å². The molecule has 220 valence electrons. The largest absolute Gasteiger partial charge is 0.380 e. The van der Waals surface area contributed by atoms with Crippen LogP contribution in [0.3, 0.4) is 0 Å². The highest BCUT2D eigenvalue weighted by atomic mass is 35.5. The fraction of sp³-hybridized carbons (Fsp3) is 0.533. The third kappa shape index (κ3) is 7.35. The SMILES string of the molecule is CO[C@@H]1C[C@H](C(=O)CNc2cc(C(CCC3CC3)N3CCCCC3=O)ccc2F)N(C(=O)Nc2ccc(Cl)cn2)C1. The molecule has 1 aromatic carbocycles. The van der Waals surface area contributed by atoms with Gasteiger partial charge in [0.15, 0.2) is 5.78 Å². The number of urea groups is 1. The molecular weight excluding hydrogens is 549 g/mol. The normalized spacial score (nSPS) is 21.6. The van der Waals surface area contributed by atoms with Gasteiger partial charge >= 0.3 is 6.03 Å². The Bertz CT molecular complexity index is 1260. The van der Waals surface area contributed by atoms with Gasteiger partial charge in [-0.2, -0.15) is 0 Å². The van der Waals surface area contributed by atoms with Gasteiger partial charge in [0.1, 0.15) is 11.6 Å². The maximum Gasteiger partial charge on any atom is 0.323 e. The molecule has 0 radical (unpaired) electrons. The van der Waals surface area contributed by atoms with E-state index in [-0.39, 0.29) is 42.6 Å². The Morgan fingerprint density at radius 1 is 1.22 bits per heavy atom. The highest BCUT2D eigenvalue weighted by Crippen LogP contribution is 2.39. The number of pyridine rings is 1. The summed E-state index contributed by atoms with van der Waals surface area (Å²) in [4.78, 5) is 46.6. The number of amides is 3. The lowest BCUT2D eigenvalue weighted by Gasteiger charge is -2.35. The molecule has 1 aliphatic carbocycles. The van der Waals surface area contributed by atoms with Crippen LogP contribution >= 0.6 is 11.6 Å². The summed E-state index contributed by atoms with van der Waals surface area (Å²) in [7, 11) is 1.54. The zero-order valence-corrected chi connectivity index (χ0v) is 24.0.